The Balaban J connectivity index is 1.48. The van der Waals surface area contributed by atoms with Gasteiger partial charge in [-0.2, -0.15) is 0 Å². The highest BCUT2D eigenvalue weighted by Gasteiger charge is 2.16. The van der Waals surface area contributed by atoms with E-state index < -0.39 is 0 Å². The lowest BCUT2D eigenvalue weighted by molar-refractivity contribution is 0.232. The molecule has 0 aliphatic carbocycles. The Bertz CT molecular complexity index is 1180. The summed E-state index contributed by atoms with van der Waals surface area (Å²) in [7, 11) is 2.11. The number of pyridine rings is 1. The van der Waals surface area contributed by atoms with E-state index in [4.69, 9.17) is 9.72 Å². The first-order chi connectivity index (χ1) is 15.1. The van der Waals surface area contributed by atoms with Gasteiger partial charge in [0, 0.05) is 29.3 Å². The van der Waals surface area contributed by atoms with Crippen LogP contribution >= 0.6 is 27.7 Å². The number of hydrogen-bond acceptors (Lipinski definition) is 5. The van der Waals surface area contributed by atoms with Gasteiger partial charge in [0.25, 0.3) is 0 Å². The number of thioether (sulfide) groups is 1. The molecule has 0 amide bonds. The second-order valence-corrected chi connectivity index (χ2v) is 9.08. The van der Waals surface area contributed by atoms with Gasteiger partial charge in [0.05, 0.1) is 11.0 Å². The van der Waals surface area contributed by atoms with Crippen LogP contribution in [0.3, 0.4) is 0 Å². The topological polar surface area (TPSA) is 43.2 Å². The van der Waals surface area contributed by atoms with Crippen molar-refractivity contribution in [2.75, 3.05) is 26.5 Å². The second kappa shape index (κ2) is 9.85. The summed E-state index contributed by atoms with van der Waals surface area (Å²) in [4.78, 5) is 11.7. The Hall–Kier alpha value is -2.35. The minimum absolute atomic E-state index is 0.609. The second-order valence-electron chi connectivity index (χ2n) is 7.39. The lowest BCUT2D eigenvalue weighted by Crippen LogP contribution is -2.24. The summed E-state index contributed by atoms with van der Waals surface area (Å²) in [6.07, 6.45) is 3.84. The van der Waals surface area contributed by atoms with E-state index in [1.165, 1.54) is 5.56 Å². The molecule has 2 heterocycles. The van der Waals surface area contributed by atoms with Gasteiger partial charge in [-0.15, -0.1) is 0 Å². The molecule has 4 rings (SSSR count). The van der Waals surface area contributed by atoms with Crippen LogP contribution in [-0.4, -0.2) is 45.9 Å². The molecule has 5 nitrogen and oxygen atoms in total. The molecule has 0 N–H and O–H groups in total. The molecule has 0 aliphatic rings. The third-order valence-corrected chi connectivity index (χ3v) is 6.32. The summed E-state index contributed by atoms with van der Waals surface area (Å²) < 4.78 is 9.37. The third kappa shape index (κ3) is 4.95. The van der Waals surface area contributed by atoms with Gasteiger partial charge in [-0.1, -0.05) is 52.0 Å². The number of halogens is 1. The summed E-state index contributed by atoms with van der Waals surface area (Å²) in [5.74, 6) is 1.71. The highest BCUT2D eigenvalue weighted by atomic mass is 79.9. The zero-order chi connectivity index (χ0) is 21.8. The first kappa shape index (κ1) is 21.9. The molecule has 0 unspecified atom stereocenters. The normalized spacial score (nSPS) is 11.4. The maximum Gasteiger partial charge on any atom is 0.174 e. The van der Waals surface area contributed by atoms with Crippen molar-refractivity contribution in [1.29, 1.82) is 0 Å². The molecule has 0 atom stereocenters. The average molecular weight is 497 g/mol. The van der Waals surface area contributed by atoms with Gasteiger partial charge in [0.15, 0.2) is 5.16 Å². The predicted molar refractivity (Wildman–Crippen MR) is 131 cm³/mol. The van der Waals surface area contributed by atoms with Gasteiger partial charge >= 0.3 is 0 Å². The molecule has 0 fully saturated rings. The molecular formula is C24H25BrN4OS. The molecule has 2 aromatic carbocycles. The Morgan fingerprint density at radius 3 is 2.65 bits per heavy atom. The van der Waals surface area contributed by atoms with Gasteiger partial charge in [-0.25, -0.2) is 9.97 Å². The fourth-order valence-corrected chi connectivity index (χ4v) is 4.35. The summed E-state index contributed by atoms with van der Waals surface area (Å²) in [5, 5.41) is 0.920. The van der Waals surface area contributed by atoms with Crippen molar-refractivity contribution in [3.63, 3.8) is 0 Å². The molecule has 0 radical (unpaired) electrons. The molecular weight excluding hydrogens is 472 g/mol. The maximum atomic E-state index is 6.16. The van der Waals surface area contributed by atoms with Gasteiger partial charge in [0.1, 0.15) is 18.2 Å². The van der Waals surface area contributed by atoms with Gasteiger partial charge in [-0.3, -0.25) is 9.47 Å². The van der Waals surface area contributed by atoms with Crippen molar-refractivity contribution in [2.45, 2.75) is 18.6 Å². The van der Waals surface area contributed by atoms with Crippen LogP contribution in [0.25, 0.3) is 16.9 Å². The van der Waals surface area contributed by atoms with E-state index in [9.17, 15) is 0 Å². The van der Waals surface area contributed by atoms with Crippen LogP contribution in [0.15, 0.2) is 70.4 Å². The van der Waals surface area contributed by atoms with Crippen molar-refractivity contribution in [3.8, 4) is 11.6 Å². The number of imidazole rings is 1. The number of ether oxygens (including phenoxy) is 1. The summed E-state index contributed by atoms with van der Waals surface area (Å²) in [6.45, 7) is 4.38. The summed E-state index contributed by atoms with van der Waals surface area (Å²) >= 11 is 5.10. The van der Waals surface area contributed by atoms with Crippen LogP contribution in [0.1, 0.15) is 11.1 Å². The number of para-hydroxylation sites is 2. The van der Waals surface area contributed by atoms with E-state index in [1.54, 1.807) is 11.8 Å². The lowest BCUT2D eigenvalue weighted by Gasteiger charge is -2.18. The van der Waals surface area contributed by atoms with Crippen LogP contribution < -0.4 is 4.74 Å². The molecule has 0 spiro atoms. The molecule has 7 heteroatoms. The van der Waals surface area contributed by atoms with Crippen molar-refractivity contribution < 1.29 is 4.74 Å². The molecule has 31 heavy (non-hydrogen) atoms. The lowest BCUT2D eigenvalue weighted by atomic mass is 10.2. The Kier molecular flexibility index (Phi) is 6.95. The molecule has 4 aromatic rings. The number of aromatic nitrogens is 3. The average Bonchev–Trinajstić information content (AvgIpc) is 3.15. The number of hydrogen-bond donors (Lipinski definition) is 0. The Labute approximate surface area is 195 Å². The highest BCUT2D eigenvalue weighted by molar-refractivity contribution is 9.10. The largest absolute Gasteiger partial charge is 0.492 e. The molecule has 160 valence electrons. The van der Waals surface area contributed by atoms with Crippen molar-refractivity contribution in [2.24, 2.45) is 0 Å². The molecule has 0 saturated carbocycles. The number of benzene rings is 2. The molecule has 2 aromatic heterocycles. The first-order valence-electron chi connectivity index (χ1n) is 10.1. The van der Waals surface area contributed by atoms with Gasteiger partial charge < -0.3 is 4.74 Å². The summed E-state index contributed by atoms with van der Waals surface area (Å²) in [6, 6.07) is 18.5. The predicted octanol–water partition coefficient (Wildman–Crippen LogP) is 5.72. The highest BCUT2D eigenvalue weighted by Crippen LogP contribution is 2.30. The number of nitrogens with zero attached hydrogens (tertiary/aromatic N) is 4. The minimum Gasteiger partial charge on any atom is -0.492 e. The van der Waals surface area contributed by atoms with Crippen LogP contribution in [0.4, 0.5) is 0 Å². The number of fused-ring (bicyclic) bond motifs is 1. The summed E-state index contributed by atoms with van der Waals surface area (Å²) in [5.41, 5.74) is 4.31. The third-order valence-electron chi connectivity index (χ3n) is 5.15. The van der Waals surface area contributed by atoms with Crippen LogP contribution in [0.2, 0.25) is 0 Å². The standard InChI is InChI=1S/C24H25BrN4OS/c1-17-22(30-15-14-28(2)16-18-8-10-19(25)11-9-18)12-13-26-23(17)29-21-7-5-4-6-20(21)27-24(29)31-3/h4-13H,14-16H2,1-3H3. The zero-order valence-electron chi connectivity index (χ0n) is 17.9. The van der Waals surface area contributed by atoms with E-state index in [1.807, 2.05) is 36.7 Å². The van der Waals surface area contributed by atoms with E-state index in [0.717, 1.165) is 50.9 Å². The number of likely N-dealkylation sites (N-methyl/N-ethyl adjacent to an activating group) is 1. The Morgan fingerprint density at radius 1 is 1.10 bits per heavy atom. The minimum atomic E-state index is 0.609. The van der Waals surface area contributed by atoms with Crippen molar-refractivity contribution in [1.82, 2.24) is 19.4 Å². The van der Waals surface area contributed by atoms with Gasteiger partial charge in [-0.05, 0) is 56.1 Å². The van der Waals surface area contributed by atoms with Crippen LogP contribution in [-0.2, 0) is 6.54 Å². The fourth-order valence-electron chi connectivity index (χ4n) is 3.53. The maximum absolute atomic E-state index is 6.16. The molecule has 0 aliphatic heterocycles. The Morgan fingerprint density at radius 2 is 1.87 bits per heavy atom. The molecule has 0 saturated heterocycles. The monoisotopic (exact) mass is 496 g/mol. The van der Waals surface area contributed by atoms with Crippen LogP contribution in [0, 0.1) is 6.92 Å². The van der Waals surface area contributed by atoms with E-state index in [-0.39, 0.29) is 0 Å². The van der Waals surface area contributed by atoms with Crippen LogP contribution in [0.5, 0.6) is 5.75 Å². The number of rotatable bonds is 8. The molecule has 0 bridgehead atoms. The SMILES string of the molecule is CSc1nc2ccccc2n1-c1nccc(OCCN(C)Cc2ccc(Br)cc2)c1C. The van der Waals surface area contributed by atoms with E-state index >= 15 is 0 Å². The van der Waals surface area contributed by atoms with Crippen molar-refractivity contribution >= 4 is 38.7 Å². The van der Waals surface area contributed by atoms with E-state index in [0.29, 0.717) is 6.61 Å². The first-order valence-corrected chi connectivity index (χ1v) is 12.1. The van der Waals surface area contributed by atoms with Gasteiger partial charge in [0.2, 0.25) is 0 Å². The quantitative estimate of drug-likeness (QED) is 0.291. The van der Waals surface area contributed by atoms with Crippen molar-refractivity contribution in [3.05, 3.63) is 76.4 Å². The zero-order valence-corrected chi connectivity index (χ0v) is 20.3. The fraction of sp³-hybridized carbons (Fsp3) is 0.250. The smallest absolute Gasteiger partial charge is 0.174 e. The van der Waals surface area contributed by atoms with E-state index in [2.05, 4.69) is 74.7 Å².